The number of hydrogen-bond donors (Lipinski definition) is 2. The molecule has 1 atom stereocenters. The summed E-state index contributed by atoms with van der Waals surface area (Å²) in [7, 11) is 0. The van der Waals surface area contributed by atoms with Crippen LogP contribution in [-0.4, -0.2) is 33.1 Å². The van der Waals surface area contributed by atoms with Gasteiger partial charge in [0.05, 0.1) is 17.9 Å². The Kier molecular flexibility index (Phi) is 3.09. The van der Waals surface area contributed by atoms with Crippen LogP contribution in [-0.2, 0) is 16.8 Å². The van der Waals surface area contributed by atoms with Crippen molar-refractivity contribution in [2.45, 2.75) is 52.3 Å². The second-order valence-corrected chi connectivity index (χ2v) is 6.19. The van der Waals surface area contributed by atoms with Gasteiger partial charge in [-0.05, 0) is 34.6 Å². The lowest BCUT2D eigenvalue weighted by Crippen LogP contribution is -2.49. The second-order valence-electron chi connectivity index (χ2n) is 6.19. The topological polar surface area (TPSA) is 84.2 Å². The summed E-state index contributed by atoms with van der Waals surface area (Å²) >= 11 is 0. The fourth-order valence-corrected chi connectivity index (χ4v) is 2.35. The van der Waals surface area contributed by atoms with Crippen molar-refractivity contribution in [2.24, 2.45) is 5.73 Å². The van der Waals surface area contributed by atoms with Crippen molar-refractivity contribution >= 4 is 6.09 Å². The first-order valence-corrected chi connectivity index (χ1v) is 6.44. The van der Waals surface area contributed by atoms with E-state index in [0.29, 0.717) is 13.1 Å². The molecule has 1 aliphatic heterocycles. The molecule has 6 heteroatoms. The Labute approximate surface area is 113 Å². The maximum absolute atomic E-state index is 12.3. The van der Waals surface area contributed by atoms with Gasteiger partial charge in [-0.2, -0.15) is 0 Å². The number of carbonyl (C=O) groups excluding carboxylic acids is 1. The number of nitrogens with two attached hydrogens (primary N) is 1. The van der Waals surface area contributed by atoms with E-state index in [4.69, 9.17) is 10.5 Å². The molecule has 0 fully saturated rings. The minimum atomic E-state index is -0.609. The van der Waals surface area contributed by atoms with Gasteiger partial charge in [-0.25, -0.2) is 9.78 Å². The van der Waals surface area contributed by atoms with Crippen molar-refractivity contribution < 1.29 is 9.53 Å². The average molecular weight is 266 g/mol. The highest BCUT2D eigenvalue weighted by Gasteiger charge is 2.47. The Hall–Kier alpha value is -1.56. The van der Waals surface area contributed by atoms with Gasteiger partial charge in [0.15, 0.2) is 0 Å². The van der Waals surface area contributed by atoms with Crippen molar-refractivity contribution in [3.05, 3.63) is 17.2 Å². The van der Waals surface area contributed by atoms with Crippen LogP contribution in [0.3, 0.4) is 0 Å². The zero-order valence-corrected chi connectivity index (χ0v) is 12.2. The molecule has 19 heavy (non-hydrogen) atoms. The third-order valence-electron chi connectivity index (χ3n) is 3.33. The molecule has 0 aromatic carbocycles. The van der Waals surface area contributed by atoms with Gasteiger partial charge in [0.25, 0.3) is 0 Å². The highest BCUT2D eigenvalue weighted by atomic mass is 16.6. The molecule has 1 aliphatic rings. The fourth-order valence-electron chi connectivity index (χ4n) is 2.35. The summed E-state index contributed by atoms with van der Waals surface area (Å²) in [5.41, 5.74) is 6.54. The SMILES string of the molecule is Cc1nc2c([nH]1)CN(C(=O)OC(C)(C)C)C2(C)CN. The first-order valence-electron chi connectivity index (χ1n) is 6.44. The van der Waals surface area contributed by atoms with Crippen LogP contribution in [0.25, 0.3) is 0 Å². The van der Waals surface area contributed by atoms with Crippen molar-refractivity contribution in [1.29, 1.82) is 0 Å². The number of nitrogens with zero attached hydrogens (tertiary/aromatic N) is 2. The van der Waals surface area contributed by atoms with Crippen LogP contribution in [0.5, 0.6) is 0 Å². The highest BCUT2D eigenvalue weighted by molar-refractivity contribution is 5.70. The number of carbonyl (C=O) groups is 1. The Morgan fingerprint density at radius 1 is 1.58 bits per heavy atom. The van der Waals surface area contributed by atoms with Gasteiger partial charge in [0.2, 0.25) is 0 Å². The number of ether oxygens (including phenoxy) is 1. The Bertz CT molecular complexity index is 503. The number of aromatic nitrogens is 2. The van der Waals surface area contributed by atoms with E-state index in [-0.39, 0.29) is 6.09 Å². The third kappa shape index (κ3) is 2.32. The van der Waals surface area contributed by atoms with E-state index in [1.54, 1.807) is 4.90 Å². The molecule has 1 aromatic heterocycles. The molecule has 0 bridgehead atoms. The average Bonchev–Trinajstić information content (AvgIpc) is 2.74. The Balaban J connectivity index is 2.30. The molecule has 0 spiro atoms. The Morgan fingerprint density at radius 2 is 2.21 bits per heavy atom. The monoisotopic (exact) mass is 266 g/mol. The summed E-state index contributed by atoms with van der Waals surface area (Å²) in [6.45, 7) is 10.1. The summed E-state index contributed by atoms with van der Waals surface area (Å²) in [5.74, 6) is 0.841. The lowest BCUT2D eigenvalue weighted by Gasteiger charge is -2.35. The minimum absolute atomic E-state index is 0.309. The molecule has 1 amide bonds. The van der Waals surface area contributed by atoms with E-state index in [1.165, 1.54) is 0 Å². The van der Waals surface area contributed by atoms with E-state index in [0.717, 1.165) is 17.2 Å². The lowest BCUT2D eigenvalue weighted by molar-refractivity contribution is 0.00258. The normalized spacial score (nSPS) is 22.5. The molecule has 1 aromatic rings. The zero-order valence-electron chi connectivity index (χ0n) is 12.2. The lowest BCUT2D eigenvalue weighted by atomic mass is 9.99. The molecule has 0 radical (unpaired) electrons. The smallest absolute Gasteiger partial charge is 0.411 e. The first-order chi connectivity index (χ1) is 8.67. The predicted molar refractivity (Wildman–Crippen MR) is 71.5 cm³/mol. The number of aryl methyl sites for hydroxylation is 1. The molecule has 0 saturated heterocycles. The quantitative estimate of drug-likeness (QED) is 0.809. The van der Waals surface area contributed by atoms with Gasteiger partial charge in [-0.15, -0.1) is 0 Å². The zero-order chi connectivity index (χ0) is 14.4. The molecule has 0 aliphatic carbocycles. The Morgan fingerprint density at radius 3 is 2.74 bits per heavy atom. The van der Waals surface area contributed by atoms with Crippen molar-refractivity contribution in [3.63, 3.8) is 0 Å². The van der Waals surface area contributed by atoms with Crippen LogP contribution in [0.4, 0.5) is 4.79 Å². The number of aromatic amines is 1. The molecule has 3 N–H and O–H groups in total. The maximum Gasteiger partial charge on any atom is 0.411 e. The van der Waals surface area contributed by atoms with Crippen LogP contribution in [0.1, 0.15) is 44.9 Å². The van der Waals surface area contributed by atoms with E-state index in [1.807, 2.05) is 34.6 Å². The van der Waals surface area contributed by atoms with Gasteiger partial charge in [0.1, 0.15) is 17.0 Å². The van der Waals surface area contributed by atoms with Crippen molar-refractivity contribution in [1.82, 2.24) is 14.9 Å². The number of amides is 1. The number of nitrogens with one attached hydrogen (secondary N) is 1. The van der Waals surface area contributed by atoms with E-state index in [9.17, 15) is 4.79 Å². The largest absolute Gasteiger partial charge is 0.444 e. The molecule has 6 nitrogen and oxygen atoms in total. The summed E-state index contributed by atoms with van der Waals surface area (Å²) in [6, 6.07) is 0. The van der Waals surface area contributed by atoms with Gasteiger partial charge in [-0.3, -0.25) is 4.90 Å². The van der Waals surface area contributed by atoms with Crippen LogP contribution in [0.15, 0.2) is 0 Å². The van der Waals surface area contributed by atoms with E-state index >= 15 is 0 Å². The third-order valence-corrected chi connectivity index (χ3v) is 3.33. The van der Waals surface area contributed by atoms with Crippen molar-refractivity contribution in [3.8, 4) is 0 Å². The molecule has 2 heterocycles. The highest BCUT2D eigenvalue weighted by Crippen LogP contribution is 2.37. The molecular formula is C13H22N4O2. The molecule has 0 saturated carbocycles. The predicted octanol–water partition coefficient (Wildman–Crippen LogP) is 1.64. The van der Waals surface area contributed by atoms with Crippen LogP contribution < -0.4 is 5.73 Å². The summed E-state index contributed by atoms with van der Waals surface area (Å²) in [4.78, 5) is 21.6. The standard InChI is InChI=1S/C13H22N4O2/c1-8-15-9-6-17(11(18)19-12(2,3)4)13(5,7-14)10(9)16-8/h6-7,14H2,1-5H3,(H,15,16). The number of hydrogen-bond acceptors (Lipinski definition) is 4. The number of rotatable bonds is 1. The van der Waals surface area contributed by atoms with E-state index in [2.05, 4.69) is 9.97 Å². The van der Waals surface area contributed by atoms with Gasteiger partial charge in [-0.1, -0.05) is 0 Å². The molecule has 106 valence electrons. The van der Waals surface area contributed by atoms with Crippen LogP contribution >= 0.6 is 0 Å². The minimum Gasteiger partial charge on any atom is -0.444 e. The summed E-state index contributed by atoms with van der Waals surface area (Å²) in [5, 5.41) is 0. The van der Waals surface area contributed by atoms with Gasteiger partial charge >= 0.3 is 6.09 Å². The number of imidazole rings is 1. The van der Waals surface area contributed by atoms with Crippen LogP contribution in [0.2, 0.25) is 0 Å². The van der Waals surface area contributed by atoms with Gasteiger partial charge < -0.3 is 15.5 Å². The van der Waals surface area contributed by atoms with Crippen LogP contribution in [0, 0.1) is 6.92 Å². The molecule has 1 unspecified atom stereocenters. The fraction of sp³-hybridized carbons (Fsp3) is 0.692. The summed E-state index contributed by atoms with van der Waals surface area (Å²) < 4.78 is 5.44. The molecule has 2 rings (SSSR count). The maximum atomic E-state index is 12.3. The number of H-pyrrole nitrogens is 1. The second kappa shape index (κ2) is 4.23. The number of fused-ring (bicyclic) bond motifs is 1. The molecular weight excluding hydrogens is 244 g/mol. The van der Waals surface area contributed by atoms with Crippen molar-refractivity contribution in [2.75, 3.05) is 6.54 Å². The first kappa shape index (κ1) is 13.9. The van der Waals surface area contributed by atoms with E-state index < -0.39 is 11.1 Å². The van der Waals surface area contributed by atoms with Gasteiger partial charge in [0, 0.05) is 6.54 Å². The summed E-state index contributed by atoms with van der Waals surface area (Å²) in [6.07, 6.45) is -0.357.